The van der Waals surface area contributed by atoms with Gasteiger partial charge in [0.2, 0.25) is 0 Å². The third-order valence-corrected chi connectivity index (χ3v) is 4.98. The molecule has 1 saturated heterocycles. The van der Waals surface area contributed by atoms with Crippen LogP contribution in [0.15, 0.2) is 30.5 Å². The van der Waals surface area contributed by atoms with Crippen molar-refractivity contribution in [2.45, 2.75) is 32.6 Å². The van der Waals surface area contributed by atoms with E-state index < -0.39 is 0 Å². The second-order valence-corrected chi connectivity index (χ2v) is 6.83. The summed E-state index contributed by atoms with van der Waals surface area (Å²) < 4.78 is 0. The summed E-state index contributed by atoms with van der Waals surface area (Å²) in [6.07, 6.45) is 6.67. The number of para-hydroxylation sites is 1. The molecule has 1 aromatic carbocycles. The Bertz CT molecular complexity index is 711. The van der Waals surface area contributed by atoms with Gasteiger partial charge in [0.1, 0.15) is 6.07 Å². The van der Waals surface area contributed by atoms with Crippen molar-refractivity contribution in [2.75, 3.05) is 31.5 Å². The number of pyridine rings is 1. The fraction of sp³-hybridized carbons (Fsp3) is 0.500. The van der Waals surface area contributed by atoms with Gasteiger partial charge in [-0.15, -0.1) is 0 Å². The zero-order chi connectivity index (χ0) is 16.8. The molecule has 0 saturated carbocycles. The first kappa shape index (κ1) is 16.7. The Balaban J connectivity index is 1.52. The zero-order valence-corrected chi connectivity index (χ0v) is 14.5. The van der Waals surface area contributed by atoms with Crippen LogP contribution in [0.2, 0.25) is 0 Å². The highest BCUT2D eigenvalue weighted by Gasteiger charge is 2.14. The molecule has 0 spiro atoms. The van der Waals surface area contributed by atoms with E-state index in [1.54, 1.807) is 6.20 Å². The van der Waals surface area contributed by atoms with E-state index in [1.807, 2.05) is 24.3 Å². The van der Waals surface area contributed by atoms with Crippen molar-refractivity contribution in [2.24, 2.45) is 5.92 Å². The van der Waals surface area contributed by atoms with Gasteiger partial charge in [0, 0.05) is 18.1 Å². The summed E-state index contributed by atoms with van der Waals surface area (Å²) in [6.45, 7) is 6.95. The van der Waals surface area contributed by atoms with E-state index in [0.717, 1.165) is 35.5 Å². The Kier molecular flexibility index (Phi) is 5.66. The van der Waals surface area contributed by atoms with E-state index in [2.05, 4.69) is 28.2 Å². The van der Waals surface area contributed by atoms with Gasteiger partial charge in [0.25, 0.3) is 0 Å². The lowest BCUT2D eigenvalue weighted by atomic mass is 9.99. The summed E-state index contributed by atoms with van der Waals surface area (Å²) in [7, 11) is 0. The maximum Gasteiger partial charge on any atom is 0.103 e. The van der Waals surface area contributed by atoms with Gasteiger partial charge in [-0.1, -0.05) is 25.1 Å². The fourth-order valence-electron chi connectivity index (χ4n) is 3.38. The Labute approximate surface area is 144 Å². The molecule has 2 heterocycles. The number of benzene rings is 1. The van der Waals surface area contributed by atoms with Crippen LogP contribution >= 0.6 is 0 Å². The highest BCUT2D eigenvalue weighted by atomic mass is 15.1. The molecule has 3 rings (SSSR count). The minimum atomic E-state index is 0.624. The summed E-state index contributed by atoms with van der Waals surface area (Å²) in [5.74, 6) is 0.896. The SMILES string of the molecule is CC1CCN(CCCCNc2c(C#N)cnc3ccccc23)CC1. The first-order valence-electron chi connectivity index (χ1n) is 9.02. The molecule has 1 aliphatic heterocycles. The summed E-state index contributed by atoms with van der Waals surface area (Å²) in [4.78, 5) is 6.94. The van der Waals surface area contributed by atoms with E-state index in [-0.39, 0.29) is 0 Å². The first-order chi connectivity index (χ1) is 11.8. The number of rotatable bonds is 6. The molecule has 0 bridgehead atoms. The lowest BCUT2D eigenvalue weighted by Gasteiger charge is -2.30. The number of aromatic nitrogens is 1. The third-order valence-electron chi connectivity index (χ3n) is 4.98. The molecule has 2 aromatic rings. The average Bonchev–Trinajstić information content (AvgIpc) is 2.63. The maximum atomic E-state index is 9.34. The monoisotopic (exact) mass is 322 g/mol. The quantitative estimate of drug-likeness (QED) is 0.816. The Morgan fingerprint density at radius 2 is 2.04 bits per heavy atom. The molecule has 0 amide bonds. The summed E-state index contributed by atoms with van der Waals surface area (Å²) in [5.41, 5.74) is 2.48. The van der Waals surface area contributed by atoms with E-state index in [0.29, 0.717) is 5.56 Å². The van der Waals surface area contributed by atoms with Gasteiger partial charge in [-0.25, -0.2) is 0 Å². The average molecular weight is 322 g/mol. The molecule has 1 N–H and O–H groups in total. The number of fused-ring (bicyclic) bond motifs is 1. The van der Waals surface area contributed by atoms with Gasteiger partial charge in [-0.3, -0.25) is 4.98 Å². The minimum absolute atomic E-state index is 0.624. The first-order valence-corrected chi connectivity index (χ1v) is 9.02. The van der Waals surface area contributed by atoms with Crippen molar-refractivity contribution >= 4 is 16.6 Å². The van der Waals surface area contributed by atoms with Crippen LogP contribution in [0.3, 0.4) is 0 Å². The second kappa shape index (κ2) is 8.12. The Hall–Kier alpha value is -2.12. The fourth-order valence-corrected chi connectivity index (χ4v) is 3.38. The molecular weight excluding hydrogens is 296 g/mol. The molecule has 24 heavy (non-hydrogen) atoms. The van der Waals surface area contributed by atoms with Crippen LogP contribution in [0, 0.1) is 17.2 Å². The molecule has 1 fully saturated rings. The number of nitrogens with zero attached hydrogens (tertiary/aromatic N) is 3. The van der Waals surface area contributed by atoms with Gasteiger partial charge in [0.15, 0.2) is 0 Å². The molecule has 1 aromatic heterocycles. The third kappa shape index (κ3) is 4.04. The van der Waals surface area contributed by atoms with Crippen LogP contribution < -0.4 is 5.32 Å². The molecule has 0 radical (unpaired) electrons. The van der Waals surface area contributed by atoms with Crippen molar-refractivity contribution < 1.29 is 0 Å². The number of nitriles is 1. The largest absolute Gasteiger partial charge is 0.383 e. The van der Waals surface area contributed by atoms with Crippen molar-refractivity contribution in [1.82, 2.24) is 9.88 Å². The van der Waals surface area contributed by atoms with E-state index in [9.17, 15) is 5.26 Å². The summed E-state index contributed by atoms with van der Waals surface area (Å²) >= 11 is 0. The molecule has 126 valence electrons. The number of piperidine rings is 1. The molecule has 0 atom stereocenters. The lowest BCUT2D eigenvalue weighted by Crippen LogP contribution is -2.33. The molecule has 4 heteroatoms. The van der Waals surface area contributed by atoms with E-state index >= 15 is 0 Å². The number of nitrogens with one attached hydrogen (secondary N) is 1. The zero-order valence-electron chi connectivity index (χ0n) is 14.5. The number of hydrogen-bond donors (Lipinski definition) is 1. The van der Waals surface area contributed by atoms with Gasteiger partial charge in [-0.05, 0) is 57.3 Å². The highest BCUT2D eigenvalue weighted by molar-refractivity contribution is 5.93. The highest BCUT2D eigenvalue weighted by Crippen LogP contribution is 2.25. The van der Waals surface area contributed by atoms with Crippen LogP contribution in [0.5, 0.6) is 0 Å². The van der Waals surface area contributed by atoms with Gasteiger partial charge >= 0.3 is 0 Å². The van der Waals surface area contributed by atoms with Crippen molar-refractivity contribution in [3.63, 3.8) is 0 Å². The van der Waals surface area contributed by atoms with Crippen LogP contribution in [0.25, 0.3) is 10.9 Å². The minimum Gasteiger partial charge on any atom is -0.383 e. The van der Waals surface area contributed by atoms with Crippen molar-refractivity contribution in [3.8, 4) is 6.07 Å². The van der Waals surface area contributed by atoms with Crippen molar-refractivity contribution in [1.29, 1.82) is 5.26 Å². The van der Waals surface area contributed by atoms with E-state index in [4.69, 9.17) is 0 Å². The summed E-state index contributed by atoms with van der Waals surface area (Å²) in [5, 5.41) is 13.8. The van der Waals surface area contributed by atoms with Crippen molar-refractivity contribution in [3.05, 3.63) is 36.0 Å². The standard InChI is InChI=1S/C20H26N4/c1-16-8-12-24(13-9-16)11-5-4-10-22-20-17(14-21)15-23-19-7-3-2-6-18(19)20/h2-3,6-7,15-16H,4-5,8-13H2,1H3,(H,22,23). The maximum absolute atomic E-state index is 9.34. The lowest BCUT2D eigenvalue weighted by molar-refractivity contribution is 0.190. The predicted molar refractivity (Wildman–Crippen MR) is 99.0 cm³/mol. The summed E-state index contributed by atoms with van der Waals surface area (Å²) in [6, 6.07) is 10.2. The van der Waals surface area contributed by atoms with E-state index in [1.165, 1.54) is 38.9 Å². The van der Waals surface area contributed by atoms with Gasteiger partial charge in [-0.2, -0.15) is 5.26 Å². The number of hydrogen-bond acceptors (Lipinski definition) is 4. The number of unbranched alkanes of at least 4 members (excludes halogenated alkanes) is 1. The molecular formula is C20H26N4. The van der Waals surface area contributed by atoms with Gasteiger partial charge < -0.3 is 10.2 Å². The predicted octanol–water partition coefficient (Wildman–Crippen LogP) is 4.03. The Morgan fingerprint density at radius 1 is 1.25 bits per heavy atom. The van der Waals surface area contributed by atoms with Crippen LogP contribution in [0.1, 0.15) is 38.2 Å². The molecule has 0 aliphatic carbocycles. The van der Waals surface area contributed by atoms with Crippen LogP contribution in [-0.2, 0) is 0 Å². The Morgan fingerprint density at radius 3 is 2.83 bits per heavy atom. The topological polar surface area (TPSA) is 52.0 Å². The second-order valence-electron chi connectivity index (χ2n) is 6.83. The van der Waals surface area contributed by atoms with Crippen LogP contribution in [0.4, 0.5) is 5.69 Å². The number of likely N-dealkylation sites (tertiary alicyclic amines) is 1. The normalized spacial score (nSPS) is 16.2. The molecule has 1 aliphatic rings. The smallest absolute Gasteiger partial charge is 0.103 e. The molecule has 0 unspecified atom stereocenters. The molecule has 4 nitrogen and oxygen atoms in total. The number of anilines is 1. The van der Waals surface area contributed by atoms with Gasteiger partial charge in [0.05, 0.1) is 16.8 Å². The van der Waals surface area contributed by atoms with Crippen LogP contribution in [-0.4, -0.2) is 36.1 Å².